The molecule has 0 radical (unpaired) electrons. The van der Waals surface area contributed by atoms with Crippen LogP contribution in [0.25, 0.3) is 0 Å². The monoisotopic (exact) mass is 334 g/mol. The first-order valence-electron chi connectivity index (χ1n) is 7.31. The molecule has 1 aromatic heterocycles. The van der Waals surface area contributed by atoms with Crippen molar-refractivity contribution in [3.05, 3.63) is 56.4 Å². The highest BCUT2D eigenvalue weighted by Crippen LogP contribution is 2.42. The molecule has 0 bridgehead atoms. The number of nitro benzene ring substituents is 1. The molecule has 1 fully saturated rings. The van der Waals surface area contributed by atoms with Gasteiger partial charge in [-0.2, -0.15) is 5.10 Å². The smallest absolute Gasteiger partial charge is 0.273 e. The van der Waals surface area contributed by atoms with Gasteiger partial charge in [-0.25, -0.2) is 0 Å². The van der Waals surface area contributed by atoms with E-state index in [1.54, 1.807) is 12.1 Å². The number of nitrogens with zero attached hydrogens (tertiary/aromatic N) is 2. The second-order valence-corrected chi connectivity index (χ2v) is 5.88. The molecule has 7 nitrogen and oxygen atoms in total. The van der Waals surface area contributed by atoms with Gasteiger partial charge in [-0.3, -0.25) is 20.0 Å². The fraction of sp³-hybridized carbons (Fsp3) is 0.333. The van der Waals surface area contributed by atoms with Crippen molar-refractivity contribution in [1.82, 2.24) is 15.5 Å². The zero-order valence-electron chi connectivity index (χ0n) is 12.2. The number of aromatic nitrogens is 2. The number of carbonyl (C=O) groups is 1. The largest absolute Gasteiger partial charge is 0.350 e. The van der Waals surface area contributed by atoms with Gasteiger partial charge in [0.15, 0.2) is 5.69 Å². The Kier molecular flexibility index (Phi) is 4.29. The Bertz CT molecular complexity index is 738. The van der Waals surface area contributed by atoms with Gasteiger partial charge in [0.05, 0.1) is 15.6 Å². The third kappa shape index (κ3) is 3.50. The second-order valence-electron chi connectivity index (χ2n) is 5.50. The standard InChI is InChI=1S/C15H15ClN4O3/c16-12-13(10-3-4-10)18-19-14(12)15(21)17-8-7-9-1-5-11(6-2-9)20(22)23/h1-2,5-6,10H,3-4,7-8H2,(H,17,21)(H,18,19). The van der Waals surface area contributed by atoms with Crippen LogP contribution in [-0.2, 0) is 6.42 Å². The van der Waals surface area contributed by atoms with E-state index in [-0.39, 0.29) is 17.3 Å². The van der Waals surface area contributed by atoms with E-state index in [9.17, 15) is 14.9 Å². The van der Waals surface area contributed by atoms with Crippen molar-refractivity contribution < 1.29 is 9.72 Å². The molecule has 1 aliphatic carbocycles. The Labute approximate surface area is 137 Å². The molecule has 0 unspecified atom stereocenters. The summed E-state index contributed by atoms with van der Waals surface area (Å²) in [4.78, 5) is 22.2. The van der Waals surface area contributed by atoms with Crippen LogP contribution < -0.4 is 5.32 Å². The molecule has 8 heteroatoms. The maximum absolute atomic E-state index is 12.1. The molecule has 120 valence electrons. The number of rotatable bonds is 6. The zero-order valence-corrected chi connectivity index (χ0v) is 13.0. The number of carbonyl (C=O) groups excluding carboxylic acids is 1. The van der Waals surface area contributed by atoms with Crippen LogP contribution in [0, 0.1) is 10.1 Å². The number of hydrogen-bond donors (Lipinski definition) is 2. The molecule has 1 aromatic carbocycles. The molecule has 0 saturated heterocycles. The summed E-state index contributed by atoms with van der Waals surface area (Å²) < 4.78 is 0. The number of hydrogen-bond acceptors (Lipinski definition) is 4. The first-order chi connectivity index (χ1) is 11.1. The minimum absolute atomic E-state index is 0.0497. The summed E-state index contributed by atoms with van der Waals surface area (Å²) in [5, 5.41) is 20.6. The average molecular weight is 335 g/mol. The number of aromatic amines is 1. The number of nitro groups is 1. The topological polar surface area (TPSA) is 101 Å². The lowest BCUT2D eigenvalue weighted by Gasteiger charge is -2.04. The fourth-order valence-corrected chi connectivity index (χ4v) is 2.65. The van der Waals surface area contributed by atoms with Crippen molar-refractivity contribution in [2.75, 3.05) is 6.54 Å². The molecule has 0 atom stereocenters. The van der Waals surface area contributed by atoms with Crippen LogP contribution >= 0.6 is 11.6 Å². The van der Waals surface area contributed by atoms with Gasteiger partial charge in [-0.1, -0.05) is 23.7 Å². The quantitative estimate of drug-likeness (QED) is 0.626. The van der Waals surface area contributed by atoms with Gasteiger partial charge in [0.1, 0.15) is 0 Å². The van der Waals surface area contributed by atoms with E-state index < -0.39 is 4.92 Å². The maximum Gasteiger partial charge on any atom is 0.273 e. The molecule has 1 aliphatic rings. The Morgan fingerprint density at radius 3 is 2.70 bits per heavy atom. The Morgan fingerprint density at radius 2 is 2.09 bits per heavy atom. The van der Waals surface area contributed by atoms with Crippen LogP contribution in [0.2, 0.25) is 5.02 Å². The minimum atomic E-state index is -0.442. The molecule has 0 spiro atoms. The van der Waals surface area contributed by atoms with Crippen molar-refractivity contribution in [1.29, 1.82) is 0 Å². The third-order valence-electron chi connectivity index (χ3n) is 3.78. The van der Waals surface area contributed by atoms with Crippen molar-refractivity contribution >= 4 is 23.2 Å². The van der Waals surface area contributed by atoms with E-state index >= 15 is 0 Å². The molecule has 3 rings (SSSR count). The Hall–Kier alpha value is -2.41. The van der Waals surface area contributed by atoms with E-state index in [4.69, 9.17) is 11.6 Å². The highest BCUT2D eigenvalue weighted by molar-refractivity contribution is 6.34. The van der Waals surface area contributed by atoms with Gasteiger partial charge in [-0.15, -0.1) is 0 Å². The number of halogens is 1. The van der Waals surface area contributed by atoms with E-state index in [2.05, 4.69) is 15.5 Å². The van der Waals surface area contributed by atoms with Crippen molar-refractivity contribution in [2.24, 2.45) is 0 Å². The van der Waals surface area contributed by atoms with Crippen LogP contribution in [0.15, 0.2) is 24.3 Å². The zero-order chi connectivity index (χ0) is 16.4. The lowest BCUT2D eigenvalue weighted by molar-refractivity contribution is -0.384. The maximum atomic E-state index is 12.1. The summed E-state index contributed by atoms with van der Waals surface area (Å²) in [6.45, 7) is 0.401. The third-order valence-corrected chi connectivity index (χ3v) is 4.16. The van der Waals surface area contributed by atoms with E-state index in [1.807, 2.05) is 0 Å². The first kappa shape index (κ1) is 15.5. The minimum Gasteiger partial charge on any atom is -0.350 e. The molecule has 1 saturated carbocycles. The molecule has 1 heterocycles. The van der Waals surface area contributed by atoms with E-state index in [1.165, 1.54) is 12.1 Å². The highest BCUT2D eigenvalue weighted by Gasteiger charge is 2.30. The van der Waals surface area contributed by atoms with E-state index in [0.29, 0.717) is 23.9 Å². The lowest BCUT2D eigenvalue weighted by atomic mass is 10.1. The number of benzene rings is 1. The van der Waals surface area contributed by atoms with Crippen LogP contribution in [0.4, 0.5) is 5.69 Å². The summed E-state index contributed by atoms with van der Waals surface area (Å²) in [5.74, 6) is 0.0803. The fourth-order valence-electron chi connectivity index (χ4n) is 2.32. The number of non-ortho nitro benzene ring substituents is 1. The molecule has 1 amide bonds. The van der Waals surface area contributed by atoms with Gasteiger partial charge in [-0.05, 0) is 24.8 Å². The van der Waals surface area contributed by atoms with Gasteiger partial charge < -0.3 is 5.32 Å². The van der Waals surface area contributed by atoms with Crippen molar-refractivity contribution in [2.45, 2.75) is 25.2 Å². The molecule has 23 heavy (non-hydrogen) atoms. The predicted molar refractivity (Wildman–Crippen MR) is 84.7 cm³/mol. The van der Waals surface area contributed by atoms with Gasteiger partial charge in [0, 0.05) is 24.6 Å². The van der Waals surface area contributed by atoms with Gasteiger partial charge in [0.25, 0.3) is 11.6 Å². The van der Waals surface area contributed by atoms with Crippen molar-refractivity contribution in [3.63, 3.8) is 0 Å². The number of amides is 1. The second kappa shape index (κ2) is 6.37. The summed E-state index contributed by atoms with van der Waals surface area (Å²) in [6.07, 6.45) is 2.72. The van der Waals surface area contributed by atoms with Crippen molar-refractivity contribution in [3.8, 4) is 0 Å². The van der Waals surface area contributed by atoms with E-state index in [0.717, 1.165) is 24.1 Å². The Balaban J connectivity index is 1.54. The summed E-state index contributed by atoms with van der Waals surface area (Å²) in [5.41, 5.74) is 2.01. The first-order valence-corrected chi connectivity index (χ1v) is 7.69. The average Bonchev–Trinajstić information content (AvgIpc) is 3.30. The Morgan fingerprint density at radius 1 is 1.39 bits per heavy atom. The molecular formula is C15H15ClN4O3. The SMILES string of the molecule is O=C(NCCc1ccc([N+](=O)[O-])cc1)c1n[nH]c(C2CC2)c1Cl. The summed E-state index contributed by atoms with van der Waals surface area (Å²) in [7, 11) is 0. The van der Waals surface area contributed by atoms with Gasteiger partial charge >= 0.3 is 0 Å². The molecule has 2 aromatic rings. The number of H-pyrrole nitrogens is 1. The molecule has 0 aliphatic heterocycles. The van der Waals surface area contributed by atoms with Crippen LogP contribution in [-0.4, -0.2) is 27.6 Å². The normalized spacial score (nSPS) is 13.8. The summed E-state index contributed by atoms with van der Waals surface area (Å²) >= 11 is 6.18. The molecule has 2 N–H and O–H groups in total. The van der Waals surface area contributed by atoms with Gasteiger partial charge in [0.2, 0.25) is 0 Å². The number of nitrogens with one attached hydrogen (secondary N) is 2. The predicted octanol–water partition coefficient (Wildman–Crippen LogP) is 2.82. The summed E-state index contributed by atoms with van der Waals surface area (Å²) in [6, 6.07) is 6.25. The lowest BCUT2D eigenvalue weighted by Crippen LogP contribution is -2.26. The van der Waals surface area contributed by atoms with Crippen LogP contribution in [0.5, 0.6) is 0 Å². The molecular weight excluding hydrogens is 320 g/mol. The van der Waals surface area contributed by atoms with Crippen LogP contribution in [0.3, 0.4) is 0 Å². The van der Waals surface area contributed by atoms with Crippen LogP contribution in [0.1, 0.15) is 40.5 Å². The highest BCUT2D eigenvalue weighted by atomic mass is 35.5.